The van der Waals surface area contributed by atoms with Crippen LogP contribution < -0.4 is 0 Å². The van der Waals surface area contributed by atoms with Gasteiger partial charge in [0.1, 0.15) is 6.61 Å². The van der Waals surface area contributed by atoms with Crippen molar-refractivity contribution in [2.24, 2.45) is 5.92 Å². The Balaban J connectivity index is 2.03. The van der Waals surface area contributed by atoms with Crippen LogP contribution in [0.25, 0.3) is 0 Å². The fourth-order valence-corrected chi connectivity index (χ4v) is 2.14. The maximum atomic E-state index is 11.3. The Morgan fingerprint density at radius 2 is 2.00 bits per heavy atom. The summed E-state index contributed by atoms with van der Waals surface area (Å²) in [7, 11) is 0. The maximum Gasteiger partial charge on any atom is 0.306 e. The molecule has 0 amide bonds. The van der Waals surface area contributed by atoms with E-state index in [2.05, 4.69) is 12.1 Å². The van der Waals surface area contributed by atoms with Gasteiger partial charge < -0.3 is 4.74 Å². The van der Waals surface area contributed by atoms with Crippen LogP contribution in [-0.4, -0.2) is 18.3 Å². The Hall–Kier alpha value is -0.960. The minimum absolute atomic E-state index is 0.0830. The van der Waals surface area contributed by atoms with Crippen molar-refractivity contribution in [2.45, 2.75) is 26.0 Å². The van der Waals surface area contributed by atoms with E-state index in [1.807, 2.05) is 32.0 Å². The Kier molecular flexibility index (Phi) is 6.78. The number of thioether (sulfide) groups is 1. The van der Waals surface area contributed by atoms with Crippen molar-refractivity contribution in [1.29, 1.82) is 0 Å². The van der Waals surface area contributed by atoms with Crippen LogP contribution in [-0.2, 0) is 15.3 Å². The van der Waals surface area contributed by atoms with Gasteiger partial charge in [-0.05, 0) is 11.5 Å². The van der Waals surface area contributed by atoms with E-state index in [0.717, 1.165) is 11.5 Å². The van der Waals surface area contributed by atoms with Gasteiger partial charge in [0.05, 0.1) is 0 Å². The van der Waals surface area contributed by atoms with Gasteiger partial charge in [0, 0.05) is 17.9 Å². The number of carbonyl (C=O) groups excluding carboxylic acids is 1. The molecule has 94 valence electrons. The number of hydrogen-bond acceptors (Lipinski definition) is 3. The minimum atomic E-state index is -0.0830. The lowest BCUT2D eigenvalue weighted by molar-refractivity contribution is -0.143. The van der Waals surface area contributed by atoms with Gasteiger partial charge in [0.2, 0.25) is 0 Å². The third kappa shape index (κ3) is 7.05. The van der Waals surface area contributed by atoms with Crippen molar-refractivity contribution >= 4 is 17.7 Å². The van der Waals surface area contributed by atoms with Crippen LogP contribution in [0.4, 0.5) is 0 Å². The van der Waals surface area contributed by atoms with Crippen molar-refractivity contribution in [1.82, 2.24) is 0 Å². The van der Waals surface area contributed by atoms with Gasteiger partial charge in [0.25, 0.3) is 0 Å². The lowest BCUT2D eigenvalue weighted by atomic mass is 10.1. The SMILES string of the molecule is CC(C)CC(=O)OCCSCc1ccccc1. The quantitative estimate of drug-likeness (QED) is 0.549. The average molecular weight is 252 g/mol. The first-order chi connectivity index (χ1) is 8.18. The normalized spacial score (nSPS) is 10.5. The standard InChI is InChI=1S/C14H20O2S/c1-12(2)10-14(15)16-8-9-17-11-13-6-4-3-5-7-13/h3-7,12H,8-11H2,1-2H3. The van der Waals surface area contributed by atoms with E-state index < -0.39 is 0 Å². The lowest BCUT2D eigenvalue weighted by Crippen LogP contribution is -2.09. The Morgan fingerprint density at radius 1 is 1.29 bits per heavy atom. The Morgan fingerprint density at radius 3 is 2.65 bits per heavy atom. The number of ether oxygens (including phenoxy) is 1. The van der Waals surface area contributed by atoms with Gasteiger partial charge in [-0.1, -0.05) is 44.2 Å². The second kappa shape index (κ2) is 8.18. The number of benzene rings is 1. The van der Waals surface area contributed by atoms with E-state index in [4.69, 9.17) is 4.74 Å². The van der Waals surface area contributed by atoms with Gasteiger partial charge in [0.15, 0.2) is 0 Å². The molecule has 2 nitrogen and oxygen atoms in total. The third-order valence-corrected chi connectivity index (χ3v) is 3.17. The first-order valence-corrected chi connectivity index (χ1v) is 7.11. The molecule has 0 atom stereocenters. The highest BCUT2D eigenvalue weighted by atomic mass is 32.2. The molecule has 0 radical (unpaired) electrons. The van der Waals surface area contributed by atoms with E-state index in [1.54, 1.807) is 11.8 Å². The van der Waals surface area contributed by atoms with Crippen molar-refractivity contribution in [3.05, 3.63) is 35.9 Å². The van der Waals surface area contributed by atoms with Crippen molar-refractivity contribution in [2.75, 3.05) is 12.4 Å². The molecule has 0 bridgehead atoms. The summed E-state index contributed by atoms with van der Waals surface area (Å²) in [5.41, 5.74) is 1.31. The lowest BCUT2D eigenvalue weighted by Gasteiger charge is -2.06. The fourth-order valence-electron chi connectivity index (χ4n) is 1.37. The topological polar surface area (TPSA) is 26.3 Å². The fraction of sp³-hybridized carbons (Fsp3) is 0.500. The molecule has 0 spiro atoms. The smallest absolute Gasteiger partial charge is 0.306 e. The van der Waals surface area contributed by atoms with Crippen LogP contribution in [0.15, 0.2) is 30.3 Å². The second-order valence-corrected chi connectivity index (χ2v) is 5.46. The molecule has 0 aromatic heterocycles. The molecule has 17 heavy (non-hydrogen) atoms. The maximum absolute atomic E-state index is 11.3. The zero-order valence-corrected chi connectivity index (χ0v) is 11.3. The van der Waals surface area contributed by atoms with Crippen LogP contribution in [0, 0.1) is 5.92 Å². The minimum Gasteiger partial charge on any atom is -0.465 e. The molecule has 0 unspecified atom stereocenters. The predicted octanol–water partition coefficient (Wildman–Crippen LogP) is 3.51. The van der Waals surface area contributed by atoms with Crippen LogP contribution >= 0.6 is 11.8 Å². The summed E-state index contributed by atoms with van der Waals surface area (Å²) in [6, 6.07) is 10.3. The average Bonchev–Trinajstić information content (AvgIpc) is 2.29. The van der Waals surface area contributed by atoms with E-state index in [1.165, 1.54) is 5.56 Å². The predicted molar refractivity (Wildman–Crippen MR) is 73.0 cm³/mol. The highest BCUT2D eigenvalue weighted by Gasteiger charge is 2.05. The summed E-state index contributed by atoms with van der Waals surface area (Å²) in [5, 5.41) is 0. The zero-order chi connectivity index (χ0) is 12.5. The van der Waals surface area contributed by atoms with Crippen LogP contribution in [0.2, 0.25) is 0 Å². The number of hydrogen-bond donors (Lipinski definition) is 0. The van der Waals surface area contributed by atoms with Crippen molar-refractivity contribution in [3.8, 4) is 0 Å². The Labute approximate surface area is 108 Å². The van der Waals surface area contributed by atoms with E-state index >= 15 is 0 Å². The summed E-state index contributed by atoms with van der Waals surface area (Å²) in [5.74, 6) is 2.13. The largest absolute Gasteiger partial charge is 0.465 e. The van der Waals surface area contributed by atoms with Gasteiger partial charge in [-0.25, -0.2) is 0 Å². The van der Waals surface area contributed by atoms with Gasteiger partial charge >= 0.3 is 5.97 Å². The summed E-state index contributed by atoms with van der Waals surface area (Å²) in [4.78, 5) is 11.3. The molecular formula is C14H20O2S. The molecule has 1 aromatic rings. The molecule has 0 saturated heterocycles. The molecule has 0 saturated carbocycles. The molecule has 0 aliphatic carbocycles. The highest BCUT2D eigenvalue weighted by molar-refractivity contribution is 7.98. The molecule has 1 rings (SSSR count). The van der Waals surface area contributed by atoms with E-state index in [0.29, 0.717) is 18.9 Å². The molecular weight excluding hydrogens is 232 g/mol. The molecule has 0 aliphatic heterocycles. The van der Waals surface area contributed by atoms with Gasteiger partial charge in [-0.3, -0.25) is 4.79 Å². The zero-order valence-electron chi connectivity index (χ0n) is 10.5. The number of carbonyl (C=O) groups is 1. The highest BCUT2D eigenvalue weighted by Crippen LogP contribution is 2.11. The molecule has 0 N–H and O–H groups in total. The van der Waals surface area contributed by atoms with Gasteiger partial charge in [-0.2, -0.15) is 11.8 Å². The first kappa shape index (κ1) is 14.1. The van der Waals surface area contributed by atoms with Crippen LogP contribution in [0.3, 0.4) is 0 Å². The summed E-state index contributed by atoms with van der Waals surface area (Å²) in [6.45, 7) is 4.56. The molecule has 0 aliphatic rings. The molecule has 0 fully saturated rings. The second-order valence-electron chi connectivity index (χ2n) is 4.36. The third-order valence-electron chi connectivity index (χ3n) is 2.18. The van der Waals surface area contributed by atoms with E-state index in [9.17, 15) is 4.79 Å². The Bertz CT molecular complexity index is 322. The van der Waals surface area contributed by atoms with E-state index in [-0.39, 0.29) is 5.97 Å². The van der Waals surface area contributed by atoms with Crippen molar-refractivity contribution < 1.29 is 9.53 Å². The molecule has 1 aromatic carbocycles. The number of rotatable bonds is 7. The summed E-state index contributed by atoms with van der Waals surface area (Å²) in [6.07, 6.45) is 0.517. The number of esters is 1. The van der Waals surface area contributed by atoms with Crippen LogP contribution in [0.1, 0.15) is 25.8 Å². The molecule has 0 heterocycles. The van der Waals surface area contributed by atoms with Gasteiger partial charge in [-0.15, -0.1) is 0 Å². The van der Waals surface area contributed by atoms with Crippen molar-refractivity contribution in [3.63, 3.8) is 0 Å². The molecule has 3 heteroatoms. The van der Waals surface area contributed by atoms with Crippen LogP contribution in [0.5, 0.6) is 0 Å². The summed E-state index contributed by atoms with van der Waals surface area (Å²) < 4.78 is 5.13. The first-order valence-electron chi connectivity index (χ1n) is 5.96. The summed E-state index contributed by atoms with van der Waals surface area (Å²) >= 11 is 1.79. The monoisotopic (exact) mass is 252 g/mol.